The summed E-state index contributed by atoms with van der Waals surface area (Å²) in [6.45, 7) is 13.0. The molecular formula is C37H43N3O4. The van der Waals surface area contributed by atoms with E-state index in [4.69, 9.17) is 4.74 Å². The minimum Gasteiger partial charge on any atom is -0.444 e. The lowest BCUT2D eigenvalue weighted by Crippen LogP contribution is -2.55. The lowest BCUT2D eigenvalue weighted by molar-refractivity contribution is -0.142. The molecule has 2 N–H and O–H groups in total. The number of ether oxygens (including phenoxy) is 1. The highest BCUT2D eigenvalue weighted by atomic mass is 16.6. The summed E-state index contributed by atoms with van der Waals surface area (Å²) in [6.07, 6.45) is -0.465. The average Bonchev–Trinajstić information content (AvgIpc) is 2.95. The second-order valence-corrected chi connectivity index (χ2v) is 12.5. The molecule has 0 heterocycles. The maximum atomic E-state index is 14.6. The Morgan fingerprint density at radius 3 is 2.11 bits per heavy atom. The van der Waals surface area contributed by atoms with Gasteiger partial charge in [-0.3, -0.25) is 9.59 Å². The van der Waals surface area contributed by atoms with Gasteiger partial charge in [-0.15, -0.1) is 0 Å². The first kappa shape index (κ1) is 32.3. The van der Waals surface area contributed by atoms with Crippen LogP contribution in [-0.2, 0) is 20.7 Å². The minimum absolute atomic E-state index is 0.230. The number of aryl methyl sites for hydroxylation is 2. The molecule has 0 radical (unpaired) electrons. The van der Waals surface area contributed by atoms with Crippen LogP contribution in [0.15, 0.2) is 91.0 Å². The molecule has 0 spiro atoms. The van der Waals surface area contributed by atoms with Crippen molar-refractivity contribution in [2.75, 3.05) is 5.32 Å². The van der Waals surface area contributed by atoms with Gasteiger partial charge in [-0.1, -0.05) is 84.4 Å². The molecule has 4 aromatic carbocycles. The molecule has 0 saturated heterocycles. The molecular weight excluding hydrogens is 550 g/mol. The molecule has 2 unspecified atom stereocenters. The van der Waals surface area contributed by atoms with Crippen LogP contribution in [0.25, 0.3) is 10.8 Å². The van der Waals surface area contributed by atoms with Crippen LogP contribution in [-0.4, -0.2) is 40.5 Å². The van der Waals surface area contributed by atoms with Crippen molar-refractivity contribution in [3.63, 3.8) is 0 Å². The quantitative estimate of drug-likeness (QED) is 0.210. The Kier molecular flexibility index (Phi) is 10.1. The summed E-state index contributed by atoms with van der Waals surface area (Å²) >= 11 is 0. The molecule has 0 bridgehead atoms. The van der Waals surface area contributed by atoms with Crippen molar-refractivity contribution in [3.8, 4) is 0 Å². The fourth-order valence-electron chi connectivity index (χ4n) is 5.39. The predicted octanol–water partition coefficient (Wildman–Crippen LogP) is 7.51. The molecule has 0 aliphatic rings. The van der Waals surface area contributed by atoms with Gasteiger partial charge >= 0.3 is 6.09 Å². The van der Waals surface area contributed by atoms with Gasteiger partial charge in [0.25, 0.3) is 5.91 Å². The summed E-state index contributed by atoms with van der Waals surface area (Å²) in [5, 5.41) is 7.95. The zero-order chi connectivity index (χ0) is 32.0. The molecule has 7 nitrogen and oxygen atoms in total. The van der Waals surface area contributed by atoms with E-state index in [-0.39, 0.29) is 24.3 Å². The number of hydrogen-bond acceptors (Lipinski definition) is 4. The zero-order valence-corrected chi connectivity index (χ0v) is 26.7. The number of amides is 3. The molecule has 0 fully saturated rings. The number of alkyl carbamates (subject to hydrolysis) is 1. The van der Waals surface area contributed by atoms with Crippen LogP contribution in [0.1, 0.15) is 62.9 Å². The van der Waals surface area contributed by atoms with E-state index < -0.39 is 23.8 Å². The molecule has 4 aromatic rings. The Bertz CT molecular complexity index is 1630. The molecule has 0 aliphatic carbocycles. The third-order valence-corrected chi connectivity index (χ3v) is 7.35. The van der Waals surface area contributed by atoms with Gasteiger partial charge in [-0.05, 0) is 88.1 Å². The van der Waals surface area contributed by atoms with Crippen molar-refractivity contribution >= 4 is 34.4 Å². The molecule has 230 valence electrons. The van der Waals surface area contributed by atoms with Crippen molar-refractivity contribution in [1.29, 1.82) is 0 Å². The van der Waals surface area contributed by atoms with Crippen molar-refractivity contribution in [2.45, 2.75) is 78.6 Å². The highest BCUT2D eigenvalue weighted by Gasteiger charge is 2.38. The Morgan fingerprint density at radius 1 is 0.818 bits per heavy atom. The van der Waals surface area contributed by atoms with Gasteiger partial charge in [0.05, 0.1) is 0 Å². The number of anilines is 1. The smallest absolute Gasteiger partial charge is 0.408 e. The standard InChI is InChI=1S/C37H43N3O4/c1-24(2)40(35(42)32(22-27-13-9-8-10-14-27)39-36(43)44-37(5,6)7)33(31-20-17-25(3)21-26(31)4)34(41)38-30-19-18-28-15-11-12-16-29(28)23-30/h8-21,23-24,32-33H,22H2,1-7H3,(H,38,41)(H,39,43). The van der Waals surface area contributed by atoms with E-state index in [0.29, 0.717) is 11.3 Å². The molecule has 0 aromatic heterocycles. The van der Waals surface area contributed by atoms with E-state index >= 15 is 0 Å². The van der Waals surface area contributed by atoms with Crippen LogP contribution in [0.5, 0.6) is 0 Å². The van der Waals surface area contributed by atoms with Crippen molar-refractivity contribution < 1.29 is 19.1 Å². The topological polar surface area (TPSA) is 87.7 Å². The first-order valence-corrected chi connectivity index (χ1v) is 15.0. The second-order valence-electron chi connectivity index (χ2n) is 12.5. The summed E-state index contributed by atoms with van der Waals surface area (Å²) < 4.78 is 5.54. The molecule has 4 rings (SSSR count). The molecule has 0 aliphatic heterocycles. The fraction of sp³-hybridized carbons (Fsp3) is 0.324. The summed E-state index contributed by atoms with van der Waals surface area (Å²) in [7, 11) is 0. The van der Waals surface area contributed by atoms with Crippen molar-refractivity contribution in [1.82, 2.24) is 10.2 Å². The van der Waals surface area contributed by atoms with Gasteiger partial charge < -0.3 is 20.3 Å². The Hall–Kier alpha value is -4.65. The van der Waals surface area contributed by atoms with Gasteiger partial charge in [0, 0.05) is 18.2 Å². The molecule has 0 saturated carbocycles. The van der Waals surface area contributed by atoms with E-state index in [1.54, 1.807) is 25.7 Å². The maximum Gasteiger partial charge on any atom is 0.408 e. The number of hydrogen-bond donors (Lipinski definition) is 2. The molecule has 2 atom stereocenters. The number of rotatable bonds is 9. The third-order valence-electron chi connectivity index (χ3n) is 7.35. The van der Waals surface area contributed by atoms with E-state index in [9.17, 15) is 14.4 Å². The maximum absolute atomic E-state index is 14.6. The van der Waals surface area contributed by atoms with Crippen LogP contribution in [0, 0.1) is 13.8 Å². The predicted molar refractivity (Wildman–Crippen MR) is 177 cm³/mol. The highest BCUT2D eigenvalue weighted by Crippen LogP contribution is 2.30. The number of carbonyl (C=O) groups is 3. The van der Waals surface area contributed by atoms with Gasteiger partial charge in [0.2, 0.25) is 5.91 Å². The summed E-state index contributed by atoms with van der Waals surface area (Å²) in [4.78, 5) is 43.5. The highest BCUT2D eigenvalue weighted by molar-refractivity contribution is 6.00. The second kappa shape index (κ2) is 13.8. The average molecular weight is 594 g/mol. The van der Waals surface area contributed by atoms with Gasteiger partial charge in [0.15, 0.2) is 0 Å². The summed E-state index contributed by atoms with van der Waals surface area (Å²) in [5.41, 5.74) is 3.41. The third kappa shape index (κ3) is 8.25. The number of carbonyl (C=O) groups excluding carboxylic acids is 3. The van der Waals surface area contributed by atoms with Crippen LogP contribution in [0.4, 0.5) is 10.5 Å². The number of nitrogens with one attached hydrogen (secondary N) is 2. The molecule has 3 amide bonds. The Labute approximate surface area is 260 Å². The van der Waals surface area contributed by atoms with Crippen LogP contribution in [0.3, 0.4) is 0 Å². The van der Waals surface area contributed by atoms with E-state index in [1.807, 2.05) is 119 Å². The monoisotopic (exact) mass is 593 g/mol. The number of nitrogens with zero attached hydrogens (tertiary/aromatic N) is 1. The molecule has 7 heteroatoms. The van der Waals surface area contributed by atoms with Crippen molar-refractivity contribution in [2.24, 2.45) is 0 Å². The van der Waals surface area contributed by atoms with E-state index in [2.05, 4.69) is 10.6 Å². The number of benzene rings is 4. The largest absolute Gasteiger partial charge is 0.444 e. The Balaban J connectivity index is 1.76. The van der Waals surface area contributed by atoms with Gasteiger partial charge in [0.1, 0.15) is 17.7 Å². The normalized spacial score (nSPS) is 12.8. The van der Waals surface area contributed by atoms with Crippen LogP contribution >= 0.6 is 0 Å². The minimum atomic E-state index is -0.976. The first-order valence-electron chi connectivity index (χ1n) is 15.0. The lowest BCUT2D eigenvalue weighted by Gasteiger charge is -2.38. The van der Waals surface area contributed by atoms with Crippen LogP contribution < -0.4 is 10.6 Å². The van der Waals surface area contributed by atoms with Gasteiger partial charge in [-0.2, -0.15) is 0 Å². The van der Waals surface area contributed by atoms with E-state index in [0.717, 1.165) is 27.5 Å². The fourth-order valence-corrected chi connectivity index (χ4v) is 5.39. The summed E-state index contributed by atoms with van der Waals surface area (Å²) in [6, 6.07) is 26.7. The van der Waals surface area contributed by atoms with Gasteiger partial charge in [-0.25, -0.2) is 4.79 Å². The number of fused-ring (bicyclic) bond motifs is 1. The van der Waals surface area contributed by atoms with Crippen molar-refractivity contribution in [3.05, 3.63) is 113 Å². The van der Waals surface area contributed by atoms with E-state index in [1.165, 1.54) is 0 Å². The SMILES string of the molecule is Cc1ccc(C(C(=O)Nc2ccc3ccccc3c2)N(C(=O)C(Cc2ccccc2)NC(=O)OC(C)(C)C)C(C)C)c(C)c1. The molecule has 44 heavy (non-hydrogen) atoms. The zero-order valence-electron chi connectivity index (χ0n) is 26.7. The first-order chi connectivity index (χ1) is 20.8. The summed E-state index contributed by atoms with van der Waals surface area (Å²) in [5.74, 6) is -0.724. The van der Waals surface area contributed by atoms with Crippen LogP contribution in [0.2, 0.25) is 0 Å². The Morgan fingerprint density at radius 2 is 1.48 bits per heavy atom. The lowest BCUT2D eigenvalue weighted by atomic mass is 9.94.